The minimum Gasteiger partial charge on any atom is -0.412 e. The van der Waals surface area contributed by atoms with Gasteiger partial charge in [0.1, 0.15) is 0 Å². The summed E-state index contributed by atoms with van der Waals surface area (Å²) in [4.78, 5) is 0. The van der Waals surface area contributed by atoms with Gasteiger partial charge in [0.2, 0.25) is 0 Å². The summed E-state index contributed by atoms with van der Waals surface area (Å²) >= 11 is 0. The van der Waals surface area contributed by atoms with Crippen molar-refractivity contribution in [3.8, 4) is 0 Å². The van der Waals surface area contributed by atoms with E-state index in [1.54, 1.807) is 0 Å². The second-order valence-electron chi connectivity index (χ2n) is 9.21. The summed E-state index contributed by atoms with van der Waals surface area (Å²) in [5.74, 6) is 0. The predicted octanol–water partition coefficient (Wildman–Crippen LogP) is 6.11. The molecule has 0 aliphatic carbocycles. The van der Waals surface area contributed by atoms with Crippen molar-refractivity contribution in [2.75, 3.05) is 0 Å². The number of hydrogen-bond acceptors (Lipinski definition) is 1. The molecule has 0 aliphatic rings. The summed E-state index contributed by atoms with van der Waals surface area (Å²) < 4.78 is 6.55. The molecule has 0 N–H and O–H groups in total. The van der Waals surface area contributed by atoms with Gasteiger partial charge in [-0.05, 0) is 49.7 Å². The van der Waals surface area contributed by atoms with Gasteiger partial charge in [0.25, 0.3) is 0 Å². The maximum absolute atomic E-state index is 6.55. The molecule has 0 fully saturated rings. The summed E-state index contributed by atoms with van der Waals surface area (Å²) in [6.07, 6.45) is 1.19. The first-order chi connectivity index (χ1) is 8.02. The summed E-state index contributed by atoms with van der Waals surface area (Å²) in [6, 6.07) is 0. The largest absolute Gasteiger partial charge is 0.412 e. The van der Waals surface area contributed by atoms with Crippen LogP contribution in [0.4, 0.5) is 0 Å². The van der Waals surface area contributed by atoms with Crippen LogP contribution in [-0.4, -0.2) is 13.9 Å². The molecule has 0 saturated heterocycles. The molecule has 0 aliphatic heterocycles. The van der Waals surface area contributed by atoms with Crippen molar-refractivity contribution in [1.82, 2.24) is 0 Å². The maximum atomic E-state index is 6.55. The van der Waals surface area contributed by atoms with E-state index in [0.29, 0.717) is 0 Å². The van der Waals surface area contributed by atoms with E-state index in [9.17, 15) is 0 Å². The monoisotopic (exact) mass is 286 g/mol. The van der Waals surface area contributed by atoms with Gasteiger partial charge in [0.05, 0.1) is 5.60 Å². The van der Waals surface area contributed by atoms with Crippen LogP contribution >= 0.6 is 0 Å². The van der Waals surface area contributed by atoms with Crippen LogP contribution in [0.5, 0.6) is 0 Å². The van der Waals surface area contributed by atoms with Crippen molar-refractivity contribution >= 4 is 8.32 Å². The van der Waals surface area contributed by atoms with Crippen LogP contribution in [0.25, 0.3) is 0 Å². The predicted molar refractivity (Wildman–Crippen MR) is 90.1 cm³/mol. The van der Waals surface area contributed by atoms with E-state index < -0.39 is 8.32 Å². The first-order valence-electron chi connectivity index (χ1n) is 7.72. The van der Waals surface area contributed by atoms with Crippen molar-refractivity contribution in [2.45, 2.75) is 94.0 Å². The van der Waals surface area contributed by atoms with E-state index >= 15 is 0 Å². The van der Waals surface area contributed by atoms with Gasteiger partial charge in [-0.15, -0.1) is 0 Å². The molecule has 1 nitrogen and oxygen atoms in total. The Bertz CT molecular complexity index is 306. The highest BCUT2D eigenvalue weighted by molar-refractivity contribution is 6.69. The lowest BCUT2D eigenvalue weighted by Crippen LogP contribution is -2.58. The number of rotatable bonds is 6. The molecule has 0 aromatic carbocycles. The minimum absolute atomic E-state index is 0.0970. The highest BCUT2D eigenvalue weighted by Crippen LogP contribution is 2.58. The Kier molecular flexibility index (Phi) is 5.23. The quantitative estimate of drug-likeness (QED) is 0.536. The second-order valence-corrected chi connectivity index (χ2v) is 13.6. The Morgan fingerprint density at radius 3 is 1.37 bits per heavy atom. The fourth-order valence-electron chi connectivity index (χ4n) is 2.93. The third-order valence-corrected chi connectivity index (χ3v) is 7.33. The fraction of sp³-hybridized carbons (Fsp3) is 1.00. The van der Waals surface area contributed by atoms with Crippen LogP contribution in [0.2, 0.25) is 19.6 Å². The van der Waals surface area contributed by atoms with E-state index in [2.05, 4.69) is 82.0 Å². The van der Waals surface area contributed by atoms with E-state index in [0.717, 1.165) is 0 Å². The zero-order chi connectivity index (χ0) is 15.9. The Morgan fingerprint density at radius 2 is 1.11 bits per heavy atom. The van der Waals surface area contributed by atoms with Crippen molar-refractivity contribution < 1.29 is 4.43 Å². The van der Waals surface area contributed by atoms with Crippen LogP contribution in [-0.2, 0) is 4.43 Å². The Hall–Kier alpha value is 0.177. The molecule has 116 valence electrons. The SMILES string of the molecule is CCC(C)(C)C(C)(C)C(C)(C)C(C)(C)O[Si](C)(C)C. The highest BCUT2D eigenvalue weighted by Gasteiger charge is 2.55. The van der Waals surface area contributed by atoms with Crippen molar-refractivity contribution in [2.24, 2.45) is 16.2 Å². The Labute approximate surface area is 123 Å². The van der Waals surface area contributed by atoms with E-state index in [1.807, 2.05) is 0 Å². The van der Waals surface area contributed by atoms with Gasteiger partial charge in [0.15, 0.2) is 8.32 Å². The summed E-state index contributed by atoms with van der Waals surface area (Å²) in [5, 5.41) is 0. The topological polar surface area (TPSA) is 9.23 Å². The van der Waals surface area contributed by atoms with E-state index in [4.69, 9.17) is 4.43 Å². The zero-order valence-corrected chi connectivity index (χ0v) is 16.6. The van der Waals surface area contributed by atoms with Gasteiger partial charge in [0, 0.05) is 0 Å². The molecule has 0 rings (SSSR count). The first-order valence-corrected chi connectivity index (χ1v) is 11.1. The average molecular weight is 287 g/mol. The normalized spacial score (nSPS) is 15.8. The standard InChI is InChI=1S/C17H38OSi/c1-13-14(2,3)15(4,5)16(6,7)17(8,9)18-19(10,11)12/h13H2,1-12H3. The minimum atomic E-state index is -1.55. The fourth-order valence-corrected chi connectivity index (χ4v) is 4.72. The van der Waals surface area contributed by atoms with Crippen molar-refractivity contribution in [1.29, 1.82) is 0 Å². The lowest BCUT2D eigenvalue weighted by atomic mass is 9.50. The van der Waals surface area contributed by atoms with E-state index in [1.165, 1.54) is 6.42 Å². The molecule has 2 heteroatoms. The first kappa shape index (κ1) is 19.2. The van der Waals surface area contributed by atoms with Gasteiger partial charge < -0.3 is 4.43 Å². The lowest BCUT2D eigenvalue weighted by molar-refractivity contribution is -0.135. The summed E-state index contributed by atoms with van der Waals surface area (Å²) in [5.41, 5.74) is 0.460. The molecule has 0 bridgehead atoms. The molecule has 0 aromatic rings. The molecule has 0 atom stereocenters. The lowest BCUT2D eigenvalue weighted by Gasteiger charge is -2.59. The summed E-state index contributed by atoms with van der Waals surface area (Å²) in [6.45, 7) is 28.0. The van der Waals surface area contributed by atoms with Crippen molar-refractivity contribution in [3.05, 3.63) is 0 Å². The molecular weight excluding hydrogens is 248 g/mol. The zero-order valence-electron chi connectivity index (χ0n) is 15.6. The Balaban J connectivity index is 5.59. The Morgan fingerprint density at radius 1 is 0.737 bits per heavy atom. The van der Waals surface area contributed by atoms with Crippen molar-refractivity contribution in [3.63, 3.8) is 0 Å². The molecule has 0 unspecified atom stereocenters. The van der Waals surface area contributed by atoms with Gasteiger partial charge in [-0.2, -0.15) is 0 Å². The third kappa shape index (κ3) is 3.63. The van der Waals surface area contributed by atoms with Crippen LogP contribution in [0, 0.1) is 16.2 Å². The van der Waals surface area contributed by atoms with E-state index in [-0.39, 0.29) is 21.8 Å². The molecular formula is C17H38OSi. The molecule has 19 heavy (non-hydrogen) atoms. The van der Waals surface area contributed by atoms with Gasteiger partial charge in [-0.1, -0.05) is 54.9 Å². The molecule has 0 saturated carbocycles. The molecule has 0 aromatic heterocycles. The van der Waals surface area contributed by atoms with Crippen LogP contribution in [0.1, 0.15) is 68.7 Å². The smallest absolute Gasteiger partial charge is 0.184 e. The van der Waals surface area contributed by atoms with Crippen LogP contribution in [0.15, 0.2) is 0 Å². The molecule has 0 radical (unpaired) electrons. The molecule has 0 amide bonds. The number of hydrogen-bond donors (Lipinski definition) is 0. The highest BCUT2D eigenvalue weighted by atomic mass is 28.4. The molecule has 0 heterocycles. The third-order valence-electron chi connectivity index (χ3n) is 6.20. The van der Waals surface area contributed by atoms with Gasteiger partial charge in [-0.3, -0.25) is 0 Å². The molecule has 0 spiro atoms. The van der Waals surface area contributed by atoms with Gasteiger partial charge >= 0.3 is 0 Å². The summed E-state index contributed by atoms with van der Waals surface area (Å²) in [7, 11) is -1.55. The average Bonchev–Trinajstić information content (AvgIpc) is 2.12. The van der Waals surface area contributed by atoms with Gasteiger partial charge in [-0.25, -0.2) is 0 Å². The van der Waals surface area contributed by atoms with Crippen LogP contribution in [0.3, 0.4) is 0 Å². The van der Waals surface area contributed by atoms with Crippen LogP contribution < -0.4 is 0 Å². The maximum Gasteiger partial charge on any atom is 0.184 e. The second kappa shape index (κ2) is 5.18.